The van der Waals surface area contributed by atoms with E-state index in [-0.39, 0.29) is 11.9 Å². The number of amides is 1. The van der Waals surface area contributed by atoms with E-state index in [2.05, 4.69) is 41.8 Å². The van der Waals surface area contributed by atoms with Crippen LogP contribution in [-0.4, -0.2) is 25.0 Å². The molecule has 0 aromatic heterocycles. The molecule has 1 amide bonds. The van der Waals surface area contributed by atoms with Crippen LogP contribution in [0.2, 0.25) is 0 Å². The van der Waals surface area contributed by atoms with Crippen molar-refractivity contribution in [3.05, 3.63) is 35.9 Å². The fraction of sp³-hybridized carbons (Fsp3) is 0.533. The van der Waals surface area contributed by atoms with E-state index in [1.807, 2.05) is 13.0 Å². The molecular formula is C15H24N2O. The van der Waals surface area contributed by atoms with Gasteiger partial charge in [-0.05, 0) is 31.9 Å². The average Bonchev–Trinajstić information content (AvgIpc) is 2.38. The third kappa shape index (κ3) is 6.40. The molecular weight excluding hydrogens is 224 g/mol. The Kier molecular flexibility index (Phi) is 7.11. The Balaban J connectivity index is 2.17. The number of carbonyl (C=O) groups is 1. The lowest BCUT2D eigenvalue weighted by molar-refractivity contribution is -0.121. The summed E-state index contributed by atoms with van der Waals surface area (Å²) in [5.41, 5.74) is 1.33. The van der Waals surface area contributed by atoms with Crippen LogP contribution in [0.15, 0.2) is 30.3 Å². The van der Waals surface area contributed by atoms with Crippen molar-refractivity contribution in [2.24, 2.45) is 0 Å². The molecule has 0 fully saturated rings. The van der Waals surface area contributed by atoms with E-state index in [0.717, 1.165) is 25.9 Å². The van der Waals surface area contributed by atoms with Crippen LogP contribution >= 0.6 is 0 Å². The van der Waals surface area contributed by atoms with E-state index < -0.39 is 0 Å². The zero-order valence-corrected chi connectivity index (χ0v) is 11.4. The first-order chi connectivity index (χ1) is 8.72. The summed E-state index contributed by atoms with van der Waals surface area (Å²) in [5, 5.41) is 6.18. The van der Waals surface area contributed by atoms with Crippen LogP contribution in [0.1, 0.15) is 32.3 Å². The molecule has 1 aromatic carbocycles. The van der Waals surface area contributed by atoms with Gasteiger partial charge in [0.15, 0.2) is 0 Å². The van der Waals surface area contributed by atoms with Crippen molar-refractivity contribution in [3.8, 4) is 0 Å². The highest BCUT2D eigenvalue weighted by Gasteiger charge is 2.06. The molecule has 0 heterocycles. The van der Waals surface area contributed by atoms with Crippen LogP contribution < -0.4 is 10.6 Å². The average molecular weight is 248 g/mol. The van der Waals surface area contributed by atoms with E-state index in [0.29, 0.717) is 6.42 Å². The van der Waals surface area contributed by atoms with E-state index in [9.17, 15) is 4.79 Å². The van der Waals surface area contributed by atoms with Gasteiger partial charge in [0.25, 0.3) is 0 Å². The smallest absolute Gasteiger partial charge is 0.221 e. The van der Waals surface area contributed by atoms with Gasteiger partial charge < -0.3 is 10.6 Å². The summed E-state index contributed by atoms with van der Waals surface area (Å²) in [5.74, 6) is 0.136. The Labute approximate surface area is 110 Å². The second-order valence-corrected chi connectivity index (χ2v) is 4.60. The van der Waals surface area contributed by atoms with Gasteiger partial charge in [-0.3, -0.25) is 4.79 Å². The van der Waals surface area contributed by atoms with Crippen molar-refractivity contribution in [2.75, 3.05) is 13.1 Å². The minimum atomic E-state index is 0.136. The molecule has 18 heavy (non-hydrogen) atoms. The van der Waals surface area contributed by atoms with Gasteiger partial charge in [0.1, 0.15) is 0 Å². The van der Waals surface area contributed by atoms with Gasteiger partial charge in [0.05, 0.1) is 0 Å². The summed E-state index contributed by atoms with van der Waals surface area (Å²) in [6, 6.07) is 10.6. The fourth-order valence-electron chi connectivity index (χ4n) is 1.83. The Morgan fingerprint density at radius 3 is 2.67 bits per heavy atom. The standard InChI is InChI=1S/C15H24N2O/c1-3-16-12-11-15(18)17-13(2)9-10-14-7-5-4-6-8-14/h4-8,13,16H,3,9-12H2,1-2H3,(H,17,18). The summed E-state index contributed by atoms with van der Waals surface area (Å²) in [4.78, 5) is 11.6. The quantitative estimate of drug-likeness (QED) is 0.692. The molecule has 0 aliphatic carbocycles. The van der Waals surface area contributed by atoms with Crippen molar-refractivity contribution in [1.82, 2.24) is 10.6 Å². The van der Waals surface area contributed by atoms with Crippen molar-refractivity contribution in [2.45, 2.75) is 39.2 Å². The minimum Gasteiger partial charge on any atom is -0.354 e. The number of rotatable bonds is 8. The molecule has 0 spiro atoms. The molecule has 0 aliphatic rings. The summed E-state index contributed by atoms with van der Waals surface area (Å²) in [6.45, 7) is 5.78. The molecule has 1 atom stereocenters. The first-order valence-corrected chi connectivity index (χ1v) is 6.76. The maximum Gasteiger partial charge on any atom is 0.221 e. The van der Waals surface area contributed by atoms with E-state index in [4.69, 9.17) is 0 Å². The van der Waals surface area contributed by atoms with Gasteiger partial charge in [0.2, 0.25) is 5.91 Å². The molecule has 100 valence electrons. The van der Waals surface area contributed by atoms with Crippen molar-refractivity contribution in [3.63, 3.8) is 0 Å². The van der Waals surface area contributed by atoms with Gasteiger partial charge in [0, 0.05) is 19.0 Å². The third-order valence-corrected chi connectivity index (χ3v) is 2.90. The predicted molar refractivity (Wildman–Crippen MR) is 75.5 cm³/mol. The van der Waals surface area contributed by atoms with Gasteiger partial charge >= 0.3 is 0 Å². The highest BCUT2D eigenvalue weighted by Crippen LogP contribution is 2.04. The monoisotopic (exact) mass is 248 g/mol. The van der Waals surface area contributed by atoms with Crippen LogP contribution in [0, 0.1) is 0 Å². The zero-order chi connectivity index (χ0) is 13.2. The largest absolute Gasteiger partial charge is 0.354 e. The molecule has 0 aliphatic heterocycles. The third-order valence-electron chi connectivity index (χ3n) is 2.90. The highest BCUT2D eigenvalue weighted by molar-refractivity contribution is 5.76. The van der Waals surface area contributed by atoms with Crippen LogP contribution in [0.3, 0.4) is 0 Å². The lowest BCUT2D eigenvalue weighted by atomic mass is 10.1. The van der Waals surface area contributed by atoms with Crippen molar-refractivity contribution >= 4 is 5.91 Å². The van der Waals surface area contributed by atoms with Crippen molar-refractivity contribution < 1.29 is 4.79 Å². The van der Waals surface area contributed by atoms with Crippen LogP contribution in [0.25, 0.3) is 0 Å². The number of nitrogens with one attached hydrogen (secondary N) is 2. The second-order valence-electron chi connectivity index (χ2n) is 4.60. The molecule has 3 nitrogen and oxygen atoms in total. The molecule has 0 saturated carbocycles. The van der Waals surface area contributed by atoms with E-state index in [1.165, 1.54) is 5.56 Å². The van der Waals surface area contributed by atoms with Gasteiger partial charge in [-0.2, -0.15) is 0 Å². The Hall–Kier alpha value is -1.35. The van der Waals surface area contributed by atoms with Crippen LogP contribution in [0.4, 0.5) is 0 Å². The SMILES string of the molecule is CCNCCC(=O)NC(C)CCc1ccccc1. The number of aryl methyl sites for hydroxylation is 1. The van der Waals surface area contributed by atoms with Gasteiger partial charge in [-0.25, -0.2) is 0 Å². The minimum absolute atomic E-state index is 0.136. The number of carbonyl (C=O) groups excluding carboxylic acids is 1. The summed E-state index contributed by atoms with van der Waals surface area (Å²) < 4.78 is 0. The summed E-state index contributed by atoms with van der Waals surface area (Å²) in [7, 11) is 0. The molecule has 0 bridgehead atoms. The molecule has 0 saturated heterocycles. The van der Waals surface area contributed by atoms with Gasteiger partial charge in [-0.15, -0.1) is 0 Å². The van der Waals surface area contributed by atoms with E-state index in [1.54, 1.807) is 0 Å². The fourth-order valence-corrected chi connectivity index (χ4v) is 1.83. The lowest BCUT2D eigenvalue weighted by Crippen LogP contribution is -2.34. The number of benzene rings is 1. The normalized spacial score (nSPS) is 12.1. The number of hydrogen-bond acceptors (Lipinski definition) is 2. The molecule has 0 radical (unpaired) electrons. The maximum atomic E-state index is 11.6. The molecule has 1 unspecified atom stereocenters. The molecule has 2 N–H and O–H groups in total. The highest BCUT2D eigenvalue weighted by atomic mass is 16.1. The van der Waals surface area contributed by atoms with Crippen LogP contribution in [-0.2, 0) is 11.2 Å². The lowest BCUT2D eigenvalue weighted by Gasteiger charge is -2.14. The maximum absolute atomic E-state index is 11.6. The van der Waals surface area contributed by atoms with Crippen molar-refractivity contribution in [1.29, 1.82) is 0 Å². The summed E-state index contributed by atoms with van der Waals surface area (Å²) >= 11 is 0. The second kappa shape index (κ2) is 8.70. The van der Waals surface area contributed by atoms with Crippen LogP contribution in [0.5, 0.6) is 0 Å². The Bertz CT molecular complexity index is 338. The topological polar surface area (TPSA) is 41.1 Å². The summed E-state index contributed by atoms with van der Waals surface area (Å²) in [6.07, 6.45) is 2.55. The number of hydrogen-bond donors (Lipinski definition) is 2. The Morgan fingerprint density at radius 2 is 2.00 bits per heavy atom. The molecule has 1 aromatic rings. The van der Waals surface area contributed by atoms with Gasteiger partial charge in [-0.1, -0.05) is 37.3 Å². The van der Waals surface area contributed by atoms with E-state index >= 15 is 0 Å². The Morgan fingerprint density at radius 1 is 1.28 bits per heavy atom. The first kappa shape index (κ1) is 14.7. The zero-order valence-electron chi connectivity index (χ0n) is 11.4. The molecule has 1 rings (SSSR count). The predicted octanol–water partition coefficient (Wildman–Crippen LogP) is 2.12. The molecule has 3 heteroatoms. The first-order valence-electron chi connectivity index (χ1n) is 6.76.